The molecule has 8 heteroatoms. The van der Waals surface area contributed by atoms with Crippen LogP contribution in [0.2, 0.25) is 0 Å². The van der Waals surface area contributed by atoms with Crippen LogP contribution in [0.5, 0.6) is 0 Å². The van der Waals surface area contributed by atoms with Crippen molar-refractivity contribution >= 4 is 40.4 Å². The molecule has 2 rings (SSSR count). The molecule has 0 unspecified atom stereocenters. The van der Waals surface area contributed by atoms with Crippen LogP contribution in [0.15, 0.2) is 30.3 Å². The number of ketones is 1. The lowest BCUT2D eigenvalue weighted by Gasteiger charge is -2.11. The number of carbonyl (C=O) groups is 2. The molecule has 0 spiro atoms. The van der Waals surface area contributed by atoms with Gasteiger partial charge in [-0.2, -0.15) is 0 Å². The third-order valence-corrected chi connectivity index (χ3v) is 4.81. The number of carbonyl (C=O) groups excluding carboxylic acids is 2. The summed E-state index contributed by atoms with van der Waals surface area (Å²) in [6, 6.07) is 7.87. The largest absolute Gasteiger partial charge is 0.357 e. The molecule has 1 aromatic carbocycles. The molecule has 3 N–H and O–H groups in total. The van der Waals surface area contributed by atoms with Crippen LogP contribution in [0, 0.1) is 19.7 Å². The summed E-state index contributed by atoms with van der Waals surface area (Å²) in [4.78, 5) is 26.0. The number of thiocarbonyl (C=S) groups is 1. The van der Waals surface area contributed by atoms with E-state index < -0.39 is 0 Å². The molecule has 2 aromatic rings. The molecular formula is C18H20FN3O2S2. The number of hydrogen-bond donors (Lipinski definition) is 3. The Morgan fingerprint density at radius 2 is 1.81 bits per heavy atom. The molecule has 26 heavy (non-hydrogen) atoms. The van der Waals surface area contributed by atoms with E-state index in [9.17, 15) is 14.0 Å². The Balaban J connectivity index is 1.67. The van der Waals surface area contributed by atoms with E-state index >= 15 is 0 Å². The summed E-state index contributed by atoms with van der Waals surface area (Å²) < 4.78 is 12.8. The minimum atomic E-state index is -0.325. The van der Waals surface area contributed by atoms with Crippen molar-refractivity contribution in [1.29, 1.82) is 0 Å². The van der Waals surface area contributed by atoms with Gasteiger partial charge in [-0.15, -0.1) is 11.3 Å². The average molecular weight is 394 g/mol. The first kappa shape index (κ1) is 20.0. The second-order valence-electron chi connectivity index (χ2n) is 5.73. The van der Waals surface area contributed by atoms with Gasteiger partial charge in [0.1, 0.15) is 5.82 Å². The number of hydrazine groups is 1. The quantitative estimate of drug-likeness (QED) is 0.400. The number of halogens is 1. The summed E-state index contributed by atoms with van der Waals surface area (Å²) >= 11 is 6.62. The molecule has 0 aliphatic carbocycles. The Bertz CT molecular complexity index is 803. The van der Waals surface area contributed by atoms with Gasteiger partial charge in [-0.05, 0) is 49.8 Å². The van der Waals surface area contributed by atoms with Crippen LogP contribution >= 0.6 is 23.6 Å². The maximum atomic E-state index is 12.8. The van der Waals surface area contributed by atoms with E-state index in [4.69, 9.17) is 12.2 Å². The van der Waals surface area contributed by atoms with Gasteiger partial charge in [0.2, 0.25) is 5.91 Å². The predicted molar refractivity (Wildman–Crippen MR) is 104 cm³/mol. The van der Waals surface area contributed by atoms with Gasteiger partial charge in [-0.25, -0.2) is 4.39 Å². The van der Waals surface area contributed by atoms with Crippen LogP contribution in [0.4, 0.5) is 4.39 Å². The van der Waals surface area contributed by atoms with E-state index in [0.29, 0.717) is 12.1 Å². The summed E-state index contributed by atoms with van der Waals surface area (Å²) in [7, 11) is 0. The number of rotatable bonds is 6. The standard InChI is InChI=1S/C18H20FN3O2S2/c1-11-9-15(12(2)26-11)16(23)7-8-17(24)21-22-18(25)20-10-13-3-5-14(19)6-4-13/h3-6,9H,7-8,10H2,1-2H3,(H,21,24)(H2,20,22,25). The molecule has 1 amide bonds. The Labute approximate surface area is 161 Å². The average Bonchev–Trinajstić information content (AvgIpc) is 2.95. The Kier molecular flexibility index (Phi) is 7.23. The first-order valence-electron chi connectivity index (χ1n) is 8.02. The monoisotopic (exact) mass is 393 g/mol. The van der Waals surface area contributed by atoms with Crippen molar-refractivity contribution in [2.45, 2.75) is 33.2 Å². The number of aryl methyl sites for hydroxylation is 2. The highest BCUT2D eigenvalue weighted by Gasteiger charge is 2.13. The molecule has 0 aliphatic rings. The number of amides is 1. The Morgan fingerprint density at radius 3 is 2.42 bits per heavy atom. The number of thiophene rings is 1. The van der Waals surface area contributed by atoms with Crippen LogP contribution in [-0.2, 0) is 11.3 Å². The van der Waals surface area contributed by atoms with E-state index in [1.165, 1.54) is 12.1 Å². The van der Waals surface area contributed by atoms with Gasteiger partial charge in [0.05, 0.1) is 0 Å². The molecule has 5 nitrogen and oxygen atoms in total. The van der Waals surface area contributed by atoms with Crippen molar-refractivity contribution in [1.82, 2.24) is 16.2 Å². The lowest BCUT2D eigenvalue weighted by molar-refractivity contribution is -0.121. The van der Waals surface area contributed by atoms with Crippen molar-refractivity contribution in [3.05, 3.63) is 57.0 Å². The SMILES string of the molecule is Cc1cc(C(=O)CCC(=O)NNC(=S)NCc2ccc(F)cc2)c(C)s1. The van der Waals surface area contributed by atoms with Gasteiger partial charge in [-0.3, -0.25) is 20.4 Å². The molecule has 0 saturated carbocycles. The zero-order chi connectivity index (χ0) is 19.1. The fourth-order valence-corrected chi connectivity index (χ4v) is 3.35. The summed E-state index contributed by atoms with van der Waals surface area (Å²) in [5.74, 6) is -0.669. The minimum Gasteiger partial charge on any atom is -0.357 e. The third kappa shape index (κ3) is 6.20. The summed E-state index contributed by atoms with van der Waals surface area (Å²) in [6.45, 7) is 4.25. The topological polar surface area (TPSA) is 70.2 Å². The highest BCUT2D eigenvalue weighted by molar-refractivity contribution is 7.80. The summed E-state index contributed by atoms with van der Waals surface area (Å²) in [6.07, 6.45) is 0.209. The molecule has 1 heterocycles. The van der Waals surface area contributed by atoms with E-state index in [-0.39, 0.29) is 35.5 Å². The van der Waals surface area contributed by atoms with Gasteiger partial charge in [-0.1, -0.05) is 12.1 Å². The van der Waals surface area contributed by atoms with Crippen LogP contribution in [0.3, 0.4) is 0 Å². The second-order valence-corrected chi connectivity index (χ2v) is 7.60. The lowest BCUT2D eigenvalue weighted by Crippen LogP contribution is -2.46. The molecule has 0 bridgehead atoms. The Hall–Kier alpha value is -2.32. The van der Waals surface area contributed by atoms with Crippen LogP contribution in [0.1, 0.15) is 38.5 Å². The van der Waals surface area contributed by atoms with Gasteiger partial charge < -0.3 is 5.32 Å². The summed E-state index contributed by atoms with van der Waals surface area (Å²) in [5.41, 5.74) is 6.57. The highest BCUT2D eigenvalue weighted by Crippen LogP contribution is 2.22. The zero-order valence-corrected chi connectivity index (χ0v) is 16.2. The maximum Gasteiger partial charge on any atom is 0.238 e. The van der Waals surface area contributed by atoms with Gasteiger partial charge in [0.25, 0.3) is 0 Å². The smallest absolute Gasteiger partial charge is 0.238 e. The number of hydrogen-bond acceptors (Lipinski definition) is 4. The van der Waals surface area contributed by atoms with Crippen LogP contribution in [0.25, 0.3) is 0 Å². The molecule has 0 saturated heterocycles. The van der Waals surface area contributed by atoms with Crippen LogP contribution < -0.4 is 16.2 Å². The predicted octanol–water partition coefficient (Wildman–Crippen LogP) is 3.16. The molecule has 0 aliphatic heterocycles. The number of benzene rings is 1. The van der Waals surface area contributed by atoms with Gasteiger partial charge in [0.15, 0.2) is 10.9 Å². The van der Waals surface area contributed by atoms with Crippen molar-refractivity contribution in [3.63, 3.8) is 0 Å². The normalized spacial score (nSPS) is 10.3. The van der Waals surface area contributed by atoms with Crippen molar-refractivity contribution in [2.75, 3.05) is 0 Å². The molecular weight excluding hydrogens is 373 g/mol. The minimum absolute atomic E-state index is 0.0426. The van der Waals surface area contributed by atoms with Crippen LogP contribution in [-0.4, -0.2) is 16.8 Å². The molecule has 1 aromatic heterocycles. The number of nitrogens with one attached hydrogen (secondary N) is 3. The second kappa shape index (κ2) is 9.40. The fourth-order valence-electron chi connectivity index (χ4n) is 2.29. The van der Waals surface area contributed by atoms with Crippen molar-refractivity contribution in [3.8, 4) is 0 Å². The van der Waals surface area contributed by atoms with E-state index in [2.05, 4.69) is 16.2 Å². The van der Waals surface area contributed by atoms with Gasteiger partial charge in [0, 0.05) is 34.7 Å². The van der Waals surface area contributed by atoms with Gasteiger partial charge >= 0.3 is 0 Å². The van der Waals surface area contributed by atoms with E-state index in [1.54, 1.807) is 23.5 Å². The van der Waals surface area contributed by atoms with Crippen molar-refractivity contribution < 1.29 is 14.0 Å². The van der Waals surface area contributed by atoms with E-state index in [0.717, 1.165) is 15.3 Å². The maximum absolute atomic E-state index is 12.8. The van der Waals surface area contributed by atoms with E-state index in [1.807, 2.05) is 19.9 Å². The lowest BCUT2D eigenvalue weighted by atomic mass is 10.1. The fraction of sp³-hybridized carbons (Fsp3) is 0.278. The highest BCUT2D eigenvalue weighted by atomic mass is 32.1. The number of Topliss-reactive ketones (excluding diaryl/α,β-unsaturated/α-hetero) is 1. The first-order valence-corrected chi connectivity index (χ1v) is 9.25. The third-order valence-electron chi connectivity index (χ3n) is 3.60. The molecule has 0 fully saturated rings. The zero-order valence-electron chi connectivity index (χ0n) is 14.5. The Morgan fingerprint density at radius 1 is 1.12 bits per heavy atom. The summed E-state index contributed by atoms with van der Waals surface area (Å²) in [5, 5.41) is 3.13. The van der Waals surface area contributed by atoms with Crippen molar-refractivity contribution in [2.24, 2.45) is 0 Å². The molecule has 0 atom stereocenters. The molecule has 0 radical (unpaired) electrons. The molecule has 138 valence electrons. The first-order chi connectivity index (χ1) is 12.3.